The van der Waals surface area contributed by atoms with E-state index in [0.29, 0.717) is 5.75 Å². The van der Waals surface area contributed by atoms with Crippen LogP contribution in [0.2, 0.25) is 0 Å². The third kappa shape index (κ3) is 3.91. The number of phenolic OH excluding ortho intramolecular Hbond substituents is 1. The lowest BCUT2D eigenvalue weighted by Crippen LogP contribution is -1.99. The van der Waals surface area contributed by atoms with Crippen LogP contribution in [0, 0.1) is 0 Å². The van der Waals surface area contributed by atoms with Crippen molar-refractivity contribution in [1.29, 1.82) is 0 Å². The molecule has 0 heterocycles. The topological polar surface area (TPSA) is 29.5 Å². The maximum Gasteiger partial charge on any atom is 0.122 e. The molecule has 0 amide bonds. The Kier molecular flexibility index (Phi) is 5.26. The number of hydrogen-bond donors (Lipinski definition) is 1. The lowest BCUT2D eigenvalue weighted by molar-refractivity contribution is 0.410. The van der Waals surface area contributed by atoms with Gasteiger partial charge in [-0.05, 0) is 55.2 Å². The molecule has 0 spiro atoms. The Bertz CT molecular complexity index is 650. The second-order valence-electron chi connectivity index (χ2n) is 5.87. The fraction of sp³-hybridized carbons (Fsp3) is 0.300. The molecule has 2 aromatic carbocycles. The second-order valence-corrected chi connectivity index (χ2v) is 5.87. The molecule has 2 heteroatoms. The molecule has 116 valence electrons. The molecular weight excluding hydrogens is 272 g/mol. The molecule has 0 saturated carbocycles. The van der Waals surface area contributed by atoms with E-state index in [0.717, 1.165) is 12.2 Å². The highest BCUT2D eigenvalue weighted by Gasteiger charge is 2.11. The SMILES string of the molecule is COc1cc(C(C)c2ccc(O)cc2)ccc1CC=C(C)C. The van der Waals surface area contributed by atoms with Crippen molar-refractivity contribution in [2.24, 2.45) is 0 Å². The maximum absolute atomic E-state index is 9.41. The van der Waals surface area contributed by atoms with Gasteiger partial charge in [-0.3, -0.25) is 0 Å². The molecule has 2 aromatic rings. The molecule has 0 aliphatic heterocycles. The van der Waals surface area contributed by atoms with Crippen molar-refractivity contribution < 1.29 is 9.84 Å². The average Bonchev–Trinajstić information content (AvgIpc) is 2.52. The summed E-state index contributed by atoms with van der Waals surface area (Å²) in [6.45, 7) is 6.37. The summed E-state index contributed by atoms with van der Waals surface area (Å²) in [5.74, 6) is 1.48. The van der Waals surface area contributed by atoms with E-state index in [2.05, 4.69) is 45.0 Å². The Balaban J connectivity index is 2.28. The number of rotatable bonds is 5. The maximum atomic E-state index is 9.41. The van der Waals surface area contributed by atoms with Gasteiger partial charge in [-0.15, -0.1) is 0 Å². The van der Waals surface area contributed by atoms with E-state index in [4.69, 9.17) is 4.74 Å². The van der Waals surface area contributed by atoms with Gasteiger partial charge in [0, 0.05) is 5.92 Å². The molecule has 0 bridgehead atoms. The number of ether oxygens (including phenoxy) is 1. The smallest absolute Gasteiger partial charge is 0.122 e. The monoisotopic (exact) mass is 296 g/mol. The summed E-state index contributed by atoms with van der Waals surface area (Å²) >= 11 is 0. The summed E-state index contributed by atoms with van der Waals surface area (Å²) in [6.07, 6.45) is 3.10. The van der Waals surface area contributed by atoms with Crippen molar-refractivity contribution in [1.82, 2.24) is 0 Å². The van der Waals surface area contributed by atoms with E-state index in [-0.39, 0.29) is 5.92 Å². The molecule has 0 radical (unpaired) electrons. The molecule has 0 aliphatic carbocycles. The van der Waals surface area contributed by atoms with Crippen LogP contribution in [-0.2, 0) is 6.42 Å². The third-order valence-electron chi connectivity index (χ3n) is 3.93. The highest BCUT2D eigenvalue weighted by Crippen LogP contribution is 2.30. The van der Waals surface area contributed by atoms with E-state index in [1.54, 1.807) is 19.2 Å². The van der Waals surface area contributed by atoms with E-state index < -0.39 is 0 Å². The van der Waals surface area contributed by atoms with Crippen LogP contribution in [0.5, 0.6) is 11.5 Å². The lowest BCUT2D eigenvalue weighted by atomic mass is 9.91. The molecule has 22 heavy (non-hydrogen) atoms. The third-order valence-corrected chi connectivity index (χ3v) is 3.93. The quantitative estimate of drug-likeness (QED) is 0.781. The van der Waals surface area contributed by atoms with Gasteiger partial charge in [0.25, 0.3) is 0 Å². The van der Waals surface area contributed by atoms with Crippen molar-refractivity contribution in [2.75, 3.05) is 7.11 Å². The van der Waals surface area contributed by atoms with Crippen LogP contribution in [0.1, 0.15) is 43.4 Å². The first kappa shape index (κ1) is 16.2. The molecule has 1 unspecified atom stereocenters. The van der Waals surface area contributed by atoms with Crippen molar-refractivity contribution >= 4 is 0 Å². The minimum atomic E-state index is 0.256. The molecule has 0 aromatic heterocycles. The number of phenols is 1. The van der Waals surface area contributed by atoms with Crippen LogP contribution in [0.4, 0.5) is 0 Å². The van der Waals surface area contributed by atoms with Gasteiger partial charge in [-0.2, -0.15) is 0 Å². The molecule has 2 rings (SSSR count). The summed E-state index contributed by atoms with van der Waals surface area (Å²) < 4.78 is 5.55. The van der Waals surface area contributed by atoms with E-state index in [1.165, 1.54) is 22.3 Å². The molecule has 1 atom stereocenters. The standard InChI is InChI=1S/C20H24O2/c1-14(2)5-6-17-7-8-18(13-20(17)22-4)15(3)16-9-11-19(21)12-10-16/h5,7-13,15,21H,6H2,1-4H3. The van der Waals surface area contributed by atoms with E-state index in [9.17, 15) is 5.11 Å². The average molecular weight is 296 g/mol. The summed E-state index contributed by atoms with van der Waals surface area (Å²) in [6, 6.07) is 13.8. The zero-order valence-corrected chi connectivity index (χ0v) is 13.8. The van der Waals surface area contributed by atoms with Gasteiger partial charge >= 0.3 is 0 Å². The second kappa shape index (κ2) is 7.17. The van der Waals surface area contributed by atoms with Crippen molar-refractivity contribution in [3.8, 4) is 11.5 Å². The fourth-order valence-electron chi connectivity index (χ4n) is 2.47. The molecule has 0 aliphatic rings. The van der Waals surface area contributed by atoms with Gasteiger partial charge in [0.15, 0.2) is 0 Å². The van der Waals surface area contributed by atoms with Crippen LogP contribution in [0.15, 0.2) is 54.1 Å². The Hall–Kier alpha value is -2.22. The number of allylic oxidation sites excluding steroid dienone is 2. The van der Waals surface area contributed by atoms with Crippen molar-refractivity contribution in [3.63, 3.8) is 0 Å². The Morgan fingerprint density at radius 2 is 1.73 bits per heavy atom. The molecule has 0 fully saturated rings. The molecule has 1 N–H and O–H groups in total. The normalized spacial score (nSPS) is 11.8. The highest BCUT2D eigenvalue weighted by atomic mass is 16.5. The van der Waals surface area contributed by atoms with Gasteiger partial charge in [-0.25, -0.2) is 0 Å². The van der Waals surface area contributed by atoms with Crippen molar-refractivity contribution in [2.45, 2.75) is 33.1 Å². The summed E-state index contributed by atoms with van der Waals surface area (Å²) in [4.78, 5) is 0. The van der Waals surface area contributed by atoms with Gasteiger partial charge in [0.05, 0.1) is 7.11 Å². The van der Waals surface area contributed by atoms with Crippen LogP contribution in [-0.4, -0.2) is 12.2 Å². The van der Waals surface area contributed by atoms with Crippen molar-refractivity contribution in [3.05, 3.63) is 70.8 Å². The largest absolute Gasteiger partial charge is 0.508 e. The number of benzene rings is 2. The minimum absolute atomic E-state index is 0.256. The predicted octanol–water partition coefficient (Wildman–Crippen LogP) is 5.06. The van der Waals surface area contributed by atoms with Gasteiger partial charge in [0.1, 0.15) is 11.5 Å². The van der Waals surface area contributed by atoms with Crippen LogP contribution in [0.25, 0.3) is 0 Å². The fourth-order valence-corrected chi connectivity index (χ4v) is 2.47. The van der Waals surface area contributed by atoms with Crippen LogP contribution < -0.4 is 4.74 Å². The van der Waals surface area contributed by atoms with Gasteiger partial charge < -0.3 is 9.84 Å². The first-order valence-electron chi connectivity index (χ1n) is 7.60. The Morgan fingerprint density at radius 3 is 2.32 bits per heavy atom. The summed E-state index contributed by atoms with van der Waals surface area (Å²) in [7, 11) is 1.72. The number of methoxy groups -OCH3 is 1. The number of hydrogen-bond acceptors (Lipinski definition) is 2. The van der Waals surface area contributed by atoms with E-state index >= 15 is 0 Å². The Labute approximate surface area is 133 Å². The molecular formula is C20H24O2. The minimum Gasteiger partial charge on any atom is -0.508 e. The van der Waals surface area contributed by atoms with Gasteiger partial charge in [0.2, 0.25) is 0 Å². The molecule has 2 nitrogen and oxygen atoms in total. The van der Waals surface area contributed by atoms with E-state index in [1.807, 2.05) is 12.1 Å². The lowest BCUT2D eigenvalue weighted by Gasteiger charge is -2.16. The summed E-state index contributed by atoms with van der Waals surface area (Å²) in [5.41, 5.74) is 4.90. The van der Waals surface area contributed by atoms with Gasteiger partial charge in [-0.1, -0.05) is 42.8 Å². The zero-order valence-electron chi connectivity index (χ0n) is 13.8. The zero-order chi connectivity index (χ0) is 16.1. The van der Waals surface area contributed by atoms with Crippen LogP contribution >= 0.6 is 0 Å². The molecule has 0 saturated heterocycles. The first-order chi connectivity index (χ1) is 10.5. The van der Waals surface area contributed by atoms with Crippen LogP contribution in [0.3, 0.4) is 0 Å². The number of aromatic hydroxyl groups is 1. The highest BCUT2D eigenvalue weighted by molar-refractivity contribution is 5.43. The summed E-state index contributed by atoms with van der Waals surface area (Å²) in [5, 5.41) is 9.41. The first-order valence-corrected chi connectivity index (χ1v) is 7.60. The predicted molar refractivity (Wildman–Crippen MR) is 91.8 cm³/mol. The Morgan fingerprint density at radius 1 is 1.09 bits per heavy atom.